The minimum Gasteiger partial charge on any atom is -0.392 e. The lowest BCUT2D eigenvalue weighted by molar-refractivity contribution is 0.617. The molecule has 320 valence electrons. The molecule has 0 aliphatic heterocycles. The lowest BCUT2D eigenvalue weighted by Gasteiger charge is -2.23. The third kappa shape index (κ3) is 8.65. The van der Waals surface area contributed by atoms with Gasteiger partial charge in [-0.25, -0.2) is 38.4 Å². The Morgan fingerprint density at radius 3 is 1.31 bits per heavy atom. The number of hydrogen-bond donors (Lipinski definition) is 6. The highest BCUT2D eigenvalue weighted by Crippen LogP contribution is 2.37. The Kier molecular flexibility index (Phi) is 12.4. The van der Waals surface area contributed by atoms with E-state index in [4.69, 9.17) is 36.1 Å². The fourth-order valence-electron chi connectivity index (χ4n) is 7.38. The number of nitrogen functional groups attached to an aromatic ring is 4. The van der Waals surface area contributed by atoms with Crippen molar-refractivity contribution in [3.8, 4) is 22.3 Å². The first-order valence-corrected chi connectivity index (χ1v) is 19.8. The molecule has 0 radical (unpaired) electrons. The van der Waals surface area contributed by atoms with Crippen LogP contribution in [-0.2, 0) is 0 Å². The van der Waals surface area contributed by atoms with E-state index in [-0.39, 0.29) is 57.7 Å². The minimum atomic E-state index is -0.509. The number of pyridine rings is 4. The number of halogens is 2. The lowest BCUT2D eigenvalue weighted by Crippen LogP contribution is -2.22. The Balaban J connectivity index is 0.000000191. The number of anilines is 6. The number of nitrogens with one attached hydrogen (secondary N) is 2. The standard InChI is InChI=1S/2C23H20FN7O/c2*1-3-17(28-21-19(27-2)20(25)29-23(26)30-21)16-11-15-10-9-14(24)12-31(15)22(32)18(16)13-7-5-4-6-8-13/h2*4-12,17H,3H2,1H3,(H5,25,26,28,29,30)/t2*17-/m10/s1. The van der Waals surface area contributed by atoms with Gasteiger partial charge in [0.25, 0.3) is 22.5 Å². The third-order valence-corrected chi connectivity index (χ3v) is 10.3. The molecular formula is C46H40F2N14O2. The number of fused-ring (bicyclic) bond motifs is 2. The van der Waals surface area contributed by atoms with Crippen LogP contribution in [0.3, 0.4) is 0 Å². The van der Waals surface area contributed by atoms with Crippen LogP contribution in [0.5, 0.6) is 0 Å². The molecule has 8 aromatic rings. The molecule has 6 aromatic heterocycles. The van der Waals surface area contributed by atoms with Crippen LogP contribution in [0.25, 0.3) is 43.0 Å². The predicted octanol–water partition coefficient (Wildman–Crippen LogP) is 8.35. The second kappa shape index (κ2) is 18.4. The van der Waals surface area contributed by atoms with Gasteiger partial charge in [0.05, 0.1) is 36.4 Å². The maximum Gasteiger partial charge on any atom is 0.268 e. The fourth-order valence-corrected chi connectivity index (χ4v) is 7.38. The van der Waals surface area contributed by atoms with Gasteiger partial charge in [0.15, 0.2) is 0 Å². The van der Waals surface area contributed by atoms with E-state index < -0.39 is 23.7 Å². The molecule has 6 heterocycles. The van der Waals surface area contributed by atoms with E-state index in [9.17, 15) is 18.4 Å². The van der Waals surface area contributed by atoms with Gasteiger partial charge in [0.1, 0.15) is 34.9 Å². The van der Waals surface area contributed by atoms with Crippen LogP contribution in [-0.4, -0.2) is 28.7 Å². The van der Waals surface area contributed by atoms with Crippen LogP contribution in [0, 0.1) is 24.8 Å². The Hall–Kier alpha value is -8.90. The molecule has 0 saturated carbocycles. The molecule has 0 aliphatic rings. The van der Waals surface area contributed by atoms with Gasteiger partial charge in [-0.1, -0.05) is 74.5 Å². The summed E-state index contributed by atoms with van der Waals surface area (Å²) in [6, 6.07) is 26.9. The van der Waals surface area contributed by atoms with Crippen LogP contribution >= 0.6 is 0 Å². The topological polar surface area (TPSA) is 231 Å². The predicted molar refractivity (Wildman–Crippen MR) is 246 cm³/mol. The maximum absolute atomic E-state index is 13.9. The molecule has 8 rings (SSSR count). The second-order valence-electron chi connectivity index (χ2n) is 14.3. The van der Waals surface area contributed by atoms with E-state index in [0.717, 1.165) is 0 Å². The molecule has 0 bridgehead atoms. The first-order chi connectivity index (χ1) is 30.8. The SMILES string of the molecule is [C-]#[N+]c1c(N)nc(N)nc1N[C@@H](CC)c1cc2ccc(F)cn2c(=O)c1-c1ccccc1.[C-]#[N+]c1c(N)nc(N)nc1N[C@H](CC)c1cc2ccc(F)cn2c(=O)c1-c1ccccc1. The largest absolute Gasteiger partial charge is 0.392 e. The van der Waals surface area contributed by atoms with Gasteiger partial charge < -0.3 is 33.6 Å². The number of aromatic nitrogens is 6. The van der Waals surface area contributed by atoms with Crippen molar-refractivity contribution >= 4 is 57.6 Å². The van der Waals surface area contributed by atoms with Crippen molar-refractivity contribution in [2.24, 2.45) is 0 Å². The summed E-state index contributed by atoms with van der Waals surface area (Å²) in [4.78, 5) is 49.7. The van der Waals surface area contributed by atoms with Gasteiger partial charge in [-0.05, 0) is 71.5 Å². The Labute approximate surface area is 364 Å². The normalized spacial score (nSPS) is 11.8. The molecule has 0 unspecified atom stereocenters. The Morgan fingerprint density at radius 1 is 0.594 bits per heavy atom. The van der Waals surface area contributed by atoms with Crippen molar-refractivity contribution in [2.45, 2.75) is 38.8 Å². The van der Waals surface area contributed by atoms with Crippen LogP contribution in [0.1, 0.15) is 49.9 Å². The highest BCUT2D eigenvalue weighted by Gasteiger charge is 2.24. The molecule has 0 spiro atoms. The first-order valence-electron chi connectivity index (χ1n) is 19.8. The summed E-state index contributed by atoms with van der Waals surface area (Å²) < 4.78 is 30.4. The van der Waals surface area contributed by atoms with E-state index in [1.165, 1.54) is 33.3 Å². The Bertz CT molecular complexity index is 3040. The van der Waals surface area contributed by atoms with Crippen LogP contribution in [0.15, 0.2) is 119 Å². The molecule has 0 saturated heterocycles. The molecule has 0 fully saturated rings. The number of nitrogens with two attached hydrogens (primary N) is 4. The number of nitrogens with zero attached hydrogens (tertiary/aromatic N) is 8. The zero-order chi connectivity index (χ0) is 45.7. The quantitative estimate of drug-likeness (QED) is 0.0713. The number of benzene rings is 2. The van der Waals surface area contributed by atoms with Crippen LogP contribution in [0.2, 0.25) is 0 Å². The summed E-state index contributed by atoms with van der Waals surface area (Å²) in [5.41, 5.74) is 27.3. The van der Waals surface area contributed by atoms with E-state index in [0.29, 0.717) is 57.3 Å². The number of hydrogen-bond acceptors (Lipinski definition) is 12. The summed E-state index contributed by atoms with van der Waals surface area (Å²) in [7, 11) is 0. The summed E-state index contributed by atoms with van der Waals surface area (Å²) >= 11 is 0. The average Bonchev–Trinajstić information content (AvgIpc) is 3.28. The fraction of sp³-hybridized carbons (Fsp3) is 0.130. The van der Waals surface area contributed by atoms with E-state index >= 15 is 0 Å². The van der Waals surface area contributed by atoms with Crippen LogP contribution in [0.4, 0.5) is 55.3 Å². The van der Waals surface area contributed by atoms with Crippen LogP contribution < -0.4 is 44.7 Å². The zero-order valence-electron chi connectivity index (χ0n) is 34.4. The highest BCUT2D eigenvalue weighted by atomic mass is 19.1. The summed E-state index contributed by atoms with van der Waals surface area (Å²) in [6.07, 6.45) is 3.45. The van der Waals surface area contributed by atoms with Gasteiger partial charge in [-0.3, -0.25) is 18.4 Å². The first kappa shape index (κ1) is 43.2. The van der Waals surface area contributed by atoms with Crippen molar-refractivity contribution < 1.29 is 8.78 Å². The van der Waals surface area contributed by atoms with Crippen molar-refractivity contribution in [2.75, 3.05) is 33.6 Å². The van der Waals surface area contributed by atoms with Gasteiger partial charge in [0.2, 0.25) is 11.9 Å². The lowest BCUT2D eigenvalue weighted by atomic mass is 9.94. The van der Waals surface area contributed by atoms with Gasteiger partial charge in [-0.2, -0.15) is 0 Å². The van der Waals surface area contributed by atoms with E-state index in [1.54, 1.807) is 12.1 Å². The summed E-state index contributed by atoms with van der Waals surface area (Å²) in [6.45, 7) is 18.7. The molecule has 2 aromatic carbocycles. The smallest absolute Gasteiger partial charge is 0.268 e. The van der Waals surface area contributed by atoms with Gasteiger partial charge in [-0.15, -0.1) is 0 Å². The number of rotatable bonds is 10. The molecule has 0 aliphatic carbocycles. The average molecular weight is 859 g/mol. The summed E-state index contributed by atoms with van der Waals surface area (Å²) in [5, 5.41) is 6.43. The summed E-state index contributed by atoms with van der Waals surface area (Å²) in [5.74, 6) is -0.820. The van der Waals surface area contributed by atoms with E-state index in [1.807, 2.05) is 86.6 Å². The van der Waals surface area contributed by atoms with Gasteiger partial charge >= 0.3 is 0 Å². The maximum atomic E-state index is 13.9. The van der Waals surface area contributed by atoms with Crippen molar-refractivity contribution in [1.29, 1.82) is 0 Å². The van der Waals surface area contributed by atoms with Crippen molar-refractivity contribution in [3.63, 3.8) is 0 Å². The van der Waals surface area contributed by atoms with Crippen molar-refractivity contribution in [1.82, 2.24) is 28.7 Å². The molecule has 2 atom stereocenters. The molecule has 16 nitrogen and oxygen atoms in total. The minimum absolute atomic E-state index is 0.0257. The highest BCUT2D eigenvalue weighted by molar-refractivity contribution is 5.80. The zero-order valence-corrected chi connectivity index (χ0v) is 34.4. The Morgan fingerprint density at radius 2 is 0.969 bits per heavy atom. The molecule has 18 heteroatoms. The second-order valence-corrected chi connectivity index (χ2v) is 14.3. The third-order valence-electron chi connectivity index (χ3n) is 10.3. The van der Waals surface area contributed by atoms with E-state index in [2.05, 4.69) is 40.3 Å². The monoisotopic (exact) mass is 858 g/mol. The molecule has 64 heavy (non-hydrogen) atoms. The molecule has 10 N–H and O–H groups in total. The molecule has 0 amide bonds. The molecular weight excluding hydrogens is 819 g/mol. The van der Waals surface area contributed by atoms with Gasteiger partial charge in [0, 0.05) is 23.4 Å². The van der Waals surface area contributed by atoms with Crippen molar-refractivity contribution in [3.05, 3.63) is 176 Å².